The fraction of sp³-hybridized carbons (Fsp3) is 0.438. The summed E-state index contributed by atoms with van der Waals surface area (Å²) < 4.78 is 43.0. The summed E-state index contributed by atoms with van der Waals surface area (Å²) >= 11 is 0. The van der Waals surface area contributed by atoms with Crippen LogP contribution in [0.1, 0.15) is 25.7 Å². The Balaban J connectivity index is 0.00000225. The molecule has 2 aromatic rings. The highest BCUT2D eigenvalue weighted by atomic mass is 35.5. The molecular formula is C16H22ClFN4O2S. The molecule has 138 valence electrons. The quantitative estimate of drug-likeness (QED) is 0.821. The number of nitrogens with zero attached hydrogens (tertiary/aromatic N) is 2. The van der Waals surface area contributed by atoms with E-state index in [9.17, 15) is 12.8 Å². The van der Waals surface area contributed by atoms with E-state index in [0.717, 1.165) is 25.7 Å². The van der Waals surface area contributed by atoms with E-state index in [1.807, 2.05) is 0 Å². The molecule has 1 aromatic heterocycles. The molecule has 0 amide bonds. The number of nitrogens with two attached hydrogens (primary N) is 1. The largest absolute Gasteiger partial charge is 0.330 e. The Labute approximate surface area is 153 Å². The van der Waals surface area contributed by atoms with Crippen LogP contribution >= 0.6 is 12.4 Å². The number of rotatable bonds is 5. The van der Waals surface area contributed by atoms with Crippen molar-refractivity contribution in [2.75, 3.05) is 6.54 Å². The van der Waals surface area contributed by atoms with Crippen LogP contribution in [-0.2, 0) is 10.0 Å². The molecule has 0 bridgehead atoms. The molecule has 2 atom stereocenters. The number of hydrogen-bond acceptors (Lipinski definition) is 4. The molecule has 6 nitrogen and oxygen atoms in total. The predicted octanol–water partition coefficient (Wildman–Crippen LogP) is 2.23. The van der Waals surface area contributed by atoms with E-state index in [4.69, 9.17) is 5.73 Å². The molecule has 1 fully saturated rings. The molecule has 1 heterocycles. The van der Waals surface area contributed by atoms with Crippen LogP contribution < -0.4 is 10.5 Å². The van der Waals surface area contributed by atoms with Crippen molar-refractivity contribution in [1.29, 1.82) is 0 Å². The van der Waals surface area contributed by atoms with Crippen molar-refractivity contribution in [2.45, 2.75) is 36.6 Å². The minimum absolute atomic E-state index is 0. The van der Waals surface area contributed by atoms with Gasteiger partial charge in [-0.15, -0.1) is 12.4 Å². The molecular weight excluding hydrogens is 367 g/mol. The van der Waals surface area contributed by atoms with Crippen LogP contribution in [0, 0.1) is 11.7 Å². The van der Waals surface area contributed by atoms with Crippen molar-refractivity contribution in [1.82, 2.24) is 14.5 Å². The van der Waals surface area contributed by atoms with E-state index in [1.54, 1.807) is 12.1 Å². The first-order valence-electron chi connectivity index (χ1n) is 8.03. The monoisotopic (exact) mass is 388 g/mol. The lowest BCUT2D eigenvalue weighted by Crippen LogP contribution is -2.44. The van der Waals surface area contributed by atoms with Gasteiger partial charge in [0.2, 0.25) is 10.0 Å². The lowest BCUT2D eigenvalue weighted by molar-refractivity contribution is 0.296. The Morgan fingerprint density at radius 3 is 2.72 bits per heavy atom. The Kier molecular flexibility index (Phi) is 6.56. The van der Waals surface area contributed by atoms with E-state index < -0.39 is 15.8 Å². The fourth-order valence-electron chi connectivity index (χ4n) is 3.13. The number of sulfonamides is 1. The average Bonchev–Trinajstić information content (AvgIpc) is 3.06. The molecule has 3 N–H and O–H groups in total. The van der Waals surface area contributed by atoms with E-state index in [1.165, 1.54) is 29.2 Å². The van der Waals surface area contributed by atoms with E-state index >= 15 is 0 Å². The highest BCUT2D eigenvalue weighted by Crippen LogP contribution is 2.25. The highest BCUT2D eigenvalue weighted by molar-refractivity contribution is 7.89. The number of benzene rings is 1. The van der Waals surface area contributed by atoms with Gasteiger partial charge in [-0.1, -0.05) is 25.0 Å². The van der Waals surface area contributed by atoms with Gasteiger partial charge in [0.1, 0.15) is 16.4 Å². The zero-order valence-electron chi connectivity index (χ0n) is 13.6. The third-order valence-electron chi connectivity index (χ3n) is 4.49. The number of nitrogens with one attached hydrogen (secondary N) is 1. The number of hydrogen-bond donors (Lipinski definition) is 2. The maximum absolute atomic E-state index is 13.8. The van der Waals surface area contributed by atoms with E-state index in [2.05, 4.69) is 9.82 Å². The first-order chi connectivity index (χ1) is 11.5. The van der Waals surface area contributed by atoms with Crippen LogP contribution in [-0.4, -0.2) is 30.8 Å². The second kappa shape index (κ2) is 8.27. The van der Waals surface area contributed by atoms with Crippen LogP contribution in [0.2, 0.25) is 0 Å². The van der Waals surface area contributed by atoms with Crippen molar-refractivity contribution >= 4 is 22.4 Å². The third kappa shape index (κ3) is 4.38. The third-order valence-corrected chi connectivity index (χ3v) is 5.93. The van der Waals surface area contributed by atoms with Crippen molar-refractivity contribution in [3.8, 4) is 5.69 Å². The smallest absolute Gasteiger partial charge is 0.243 e. The minimum atomic E-state index is -3.71. The standard InChI is InChI=1S/C16H21FN4O2S.ClH/c17-14-6-2-4-8-16(14)21-11-13(10-19-21)24(22,23)20-15-7-3-1-5-12(15)9-18;/h2,4,6,8,10-12,15,20H,1,3,5,7,9,18H2;1H. The molecule has 1 saturated carbocycles. The Bertz CT molecular complexity index is 812. The van der Waals surface area contributed by atoms with Crippen molar-refractivity contribution in [3.05, 3.63) is 42.5 Å². The maximum atomic E-state index is 13.8. The molecule has 0 radical (unpaired) electrons. The van der Waals surface area contributed by atoms with Crippen molar-refractivity contribution in [2.24, 2.45) is 11.7 Å². The van der Waals surface area contributed by atoms with Crippen molar-refractivity contribution < 1.29 is 12.8 Å². The van der Waals surface area contributed by atoms with Gasteiger partial charge in [0.25, 0.3) is 0 Å². The van der Waals surface area contributed by atoms with Gasteiger partial charge < -0.3 is 5.73 Å². The lowest BCUT2D eigenvalue weighted by atomic mass is 9.85. The fourth-order valence-corrected chi connectivity index (χ4v) is 4.40. The lowest BCUT2D eigenvalue weighted by Gasteiger charge is -2.30. The summed E-state index contributed by atoms with van der Waals surface area (Å²) in [6.07, 6.45) is 6.32. The molecule has 1 aliphatic rings. The number of halogens is 2. The molecule has 9 heteroatoms. The van der Waals surface area contributed by atoms with Gasteiger partial charge in [0.05, 0.1) is 12.4 Å². The van der Waals surface area contributed by atoms with Crippen LogP contribution in [0.15, 0.2) is 41.6 Å². The second-order valence-electron chi connectivity index (χ2n) is 6.08. The molecule has 0 aliphatic heterocycles. The van der Waals surface area contributed by atoms with Crippen LogP contribution in [0.5, 0.6) is 0 Å². The summed E-state index contributed by atoms with van der Waals surface area (Å²) in [5.41, 5.74) is 5.96. The summed E-state index contributed by atoms with van der Waals surface area (Å²) in [6.45, 7) is 0.460. The predicted molar refractivity (Wildman–Crippen MR) is 95.9 cm³/mol. The molecule has 2 unspecified atom stereocenters. The first-order valence-corrected chi connectivity index (χ1v) is 9.51. The Morgan fingerprint density at radius 2 is 2.00 bits per heavy atom. The average molecular weight is 389 g/mol. The molecule has 0 spiro atoms. The second-order valence-corrected chi connectivity index (χ2v) is 7.79. The van der Waals surface area contributed by atoms with Crippen LogP contribution in [0.3, 0.4) is 0 Å². The normalized spacial score (nSPS) is 20.9. The summed E-state index contributed by atoms with van der Waals surface area (Å²) in [4.78, 5) is 0.0205. The minimum Gasteiger partial charge on any atom is -0.330 e. The van der Waals surface area contributed by atoms with Gasteiger partial charge in [-0.2, -0.15) is 5.10 Å². The Morgan fingerprint density at radius 1 is 1.28 bits per heavy atom. The summed E-state index contributed by atoms with van der Waals surface area (Å²) in [5, 5.41) is 3.98. The Hall–Kier alpha value is -1.48. The first kappa shape index (κ1) is 19.8. The van der Waals surface area contributed by atoms with Gasteiger partial charge in [-0.3, -0.25) is 0 Å². The summed E-state index contributed by atoms with van der Waals surface area (Å²) in [7, 11) is -3.71. The molecule has 3 rings (SSSR count). The molecule has 0 saturated heterocycles. The van der Waals surface area contributed by atoms with Crippen molar-refractivity contribution in [3.63, 3.8) is 0 Å². The van der Waals surface area contributed by atoms with Gasteiger partial charge in [0, 0.05) is 6.04 Å². The number of para-hydroxylation sites is 1. The molecule has 1 aliphatic carbocycles. The van der Waals surface area contributed by atoms with Crippen LogP contribution in [0.25, 0.3) is 5.69 Å². The topological polar surface area (TPSA) is 90.0 Å². The summed E-state index contributed by atoms with van der Waals surface area (Å²) in [6, 6.07) is 5.91. The molecule has 1 aromatic carbocycles. The SMILES string of the molecule is Cl.NCC1CCCCC1NS(=O)(=O)c1cnn(-c2ccccc2F)c1. The van der Waals surface area contributed by atoms with Crippen LogP contribution in [0.4, 0.5) is 4.39 Å². The highest BCUT2D eigenvalue weighted by Gasteiger charge is 2.29. The number of aromatic nitrogens is 2. The van der Waals surface area contributed by atoms with E-state index in [-0.39, 0.29) is 34.9 Å². The maximum Gasteiger partial charge on any atom is 0.243 e. The zero-order chi connectivity index (χ0) is 17.2. The van der Waals surface area contributed by atoms with Gasteiger partial charge in [0.15, 0.2) is 0 Å². The van der Waals surface area contributed by atoms with Gasteiger partial charge in [-0.25, -0.2) is 22.2 Å². The summed E-state index contributed by atoms with van der Waals surface area (Å²) in [5.74, 6) is -0.317. The van der Waals surface area contributed by atoms with Gasteiger partial charge in [-0.05, 0) is 37.4 Å². The van der Waals surface area contributed by atoms with Gasteiger partial charge >= 0.3 is 0 Å². The zero-order valence-corrected chi connectivity index (χ0v) is 15.3. The molecule has 25 heavy (non-hydrogen) atoms. The van der Waals surface area contributed by atoms with E-state index in [0.29, 0.717) is 6.54 Å².